The summed E-state index contributed by atoms with van der Waals surface area (Å²) in [5.74, 6) is 1.89. The van der Waals surface area contributed by atoms with E-state index < -0.39 is 0 Å². The molecule has 0 saturated heterocycles. The molecule has 0 atom stereocenters. The summed E-state index contributed by atoms with van der Waals surface area (Å²) < 4.78 is 16.7. The maximum absolute atomic E-state index is 5.62. The number of hydrogen-bond acceptors (Lipinski definition) is 5. The summed E-state index contributed by atoms with van der Waals surface area (Å²) in [4.78, 5) is 2.44. The monoisotopic (exact) mass is 378 g/mol. The maximum atomic E-state index is 5.62. The second-order valence-corrected chi connectivity index (χ2v) is 7.04. The van der Waals surface area contributed by atoms with Gasteiger partial charge >= 0.3 is 0 Å². The Balaban J connectivity index is 1.52. The van der Waals surface area contributed by atoms with Crippen LogP contribution in [0.5, 0.6) is 5.75 Å². The van der Waals surface area contributed by atoms with Crippen LogP contribution in [0.4, 0.5) is 0 Å². The van der Waals surface area contributed by atoms with E-state index in [0.717, 1.165) is 54.4 Å². The van der Waals surface area contributed by atoms with Crippen LogP contribution in [0.3, 0.4) is 0 Å². The van der Waals surface area contributed by atoms with E-state index in [9.17, 15) is 0 Å². The van der Waals surface area contributed by atoms with Crippen molar-refractivity contribution in [1.29, 1.82) is 0 Å². The molecule has 0 radical (unpaired) electrons. The van der Waals surface area contributed by atoms with Crippen LogP contribution in [0.15, 0.2) is 53.1 Å². The van der Waals surface area contributed by atoms with Gasteiger partial charge in [-0.2, -0.15) is 0 Å². The first-order valence-electron chi connectivity index (χ1n) is 9.77. The quantitative estimate of drug-likeness (QED) is 0.608. The SMILES string of the molecule is CCOCc1cc(CN2CCc3onc(-c4ccccc4)c3C2)ccc1OC. The predicted molar refractivity (Wildman–Crippen MR) is 108 cm³/mol. The summed E-state index contributed by atoms with van der Waals surface area (Å²) in [7, 11) is 1.70. The zero-order valence-electron chi connectivity index (χ0n) is 16.5. The highest BCUT2D eigenvalue weighted by atomic mass is 16.5. The lowest BCUT2D eigenvalue weighted by Gasteiger charge is -2.26. The molecular formula is C23H26N2O3. The lowest BCUT2D eigenvalue weighted by atomic mass is 10.0. The summed E-state index contributed by atoms with van der Waals surface area (Å²) in [6, 6.07) is 16.6. The zero-order valence-corrected chi connectivity index (χ0v) is 16.5. The number of ether oxygens (including phenoxy) is 2. The van der Waals surface area contributed by atoms with Crippen LogP contribution in [0.2, 0.25) is 0 Å². The topological polar surface area (TPSA) is 47.7 Å². The van der Waals surface area contributed by atoms with Crippen molar-refractivity contribution in [2.45, 2.75) is 33.0 Å². The van der Waals surface area contributed by atoms with E-state index in [4.69, 9.17) is 14.0 Å². The molecule has 0 N–H and O–H groups in total. The fraction of sp³-hybridized carbons (Fsp3) is 0.348. The third kappa shape index (κ3) is 3.96. The van der Waals surface area contributed by atoms with Crippen LogP contribution < -0.4 is 4.74 Å². The van der Waals surface area contributed by atoms with Gasteiger partial charge in [0.15, 0.2) is 0 Å². The number of hydrogen-bond donors (Lipinski definition) is 0. The summed E-state index contributed by atoms with van der Waals surface area (Å²) in [6.07, 6.45) is 0.886. The number of rotatable bonds is 7. The van der Waals surface area contributed by atoms with E-state index in [1.54, 1.807) is 7.11 Å². The Morgan fingerprint density at radius 2 is 2.00 bits per heavy atom. The molecular weight excluding hydrogens is 352 g/mol. The largest absolute Gasteiger partial charge is 0.496 e. The first-order valence-corrected chi connectivity index (χ1v) is 9.77. The van der Waals surface area contributed by atoms with Gasteiger partial charge in [0, 0.05) is 49.4 Å². The molecule has 0 unspecified atom stereocenters. The first-order chi connectivity index (χ1) is 13.8. The van der Waals surface area contributed by atoms with Crippen LogP contribution in [0, 0.1) is 0 Å². The summed E-state index contributed by atoms with van der Waals surface area (Å²) in [5.41, 5.74) is 5.64. The van der Waals surface area contributed by atoms with Gasteiger partial charge in [0.1, 0.15) is 17.2 Å². The van der Waals surface area contributed by atoms with Crippen LogP contribution in [-0.2, 0) is 30.9 Å². The standard InChI is InChI=1S/C23H26N2O3/c1-3-27-16-19-13-17(9-10-21(19)26-2)14-25-12-11-22-20(15-25)23(24-28-22)18-7-5-4-6-8-18/h4-10,13H,3,11-12,14-16H2,1-2H3. The van der Waals surface area contributed by atoms with Gasteiger partial charge in [-0.15, -0.1) is 0 Å². The van der Waals surface area contributed by atoms with E-state index in [-0.39, 0.29) is 0 Å². The van der Waals surface area contributed by atoms with Crippen molar-refractivity contribution in [1.82, 2.24) is 10.1 Å². The van der Waals surface area contributed by atoms with E-state index in [0.29, 0.717) is 13.2 Å². The Kier molecular flexibility index (Phi) is 5.74. The number of nitrogens with zero attached hydrogens (tertiary/aromatic N) is 2. The second kappa shape index (κ2) is 8.59. The minimum absolute atomic E-state index is 0.571. The number of aromatic nitrogens is 1. The van der Waals surface area contributed by atoms with Crippen molar-refractivity contribution < 1.29 is 14.0 Å². The highest BCUT2D eigenvalue weighted by Crippen LogP contribution is 2.31. The molecule has 1 aliphatic rings. The highest BCUT2D eigenvalue weighted by Gasteiger charge is 2.25. The molecule has 4 rings (SSSR count). The average Bonchev–Trinajstić information content (AvgIpc) is 3.16. The molecule has 0 saturated carbocycles. The molecule has 2 aromatic carbocycles. The Morgan fingerprint density at radius 3 is 2.79 bits per heavy atom. The van der Waals surface area contributed by atoms with Crippen LogP contribution in [0.25, 0.3) is 11.3 Å². The van der Waals surface area contributed by atoms with Crippen LogP contribution in [0.1, 0.15) is 29.4 Å². The maximum Gasteiger partial charge on any atom is 0.143 e. The van der Waals surface area contributed by atoms with E-state index in [1.165, 1.54) is 11.1 Å². The molecule has 5 heteroatoms. The molecule has 0 amide bonds. The molecule has 0 bridgehead atoms. The first kappa shape index (κ1) is 18.7. The van der Waals surface area contributed by atoms with Gasteiger partial charge in [-0.05, 0) is 24.6 Å². The van der Waals surface area contributed by atoms with Gasteiger partial charge in [0.2, 0.25) is 0 Å². The molecule has 2 heterocycles. The number of benzene rings is 2. The third-order valence-corrected chi connectivity index (χ3v) is 5.17. The number of fused-ring (bicyclic) bond motifs is 1. The Bertz CT molecular complexity index is 921. The van der Waals surface area contributed by atoms with E-state index in [2.05, 4.69) is 34.3 Å². The van der Waals surface area contributed by atoms with Crippen molar-refractivity contribution in [3.63, 3.8) is 0 Å². The molecule has 3 aromatic rings. The third-order valence-electron chi connectivity index (χ3n) is 5.17. The average molecular weight is 378 g/mol. The van der Waals surface area contributed by atoms with Crippen molar-refractivity contribution in [2.75, 3.05) is 20.3 Å². The lowest BCUT2D eigenvalue weighted by Crippen LogP contribution is -2.29. The molecule has 0 spiro atoms. The fourth-order valence-electron chi connectivity index (χ4n) is 3.74. The zero-order chi connectivity index (χ0) is 19.3. The van der Waals surface area contributed by atoms with Crippen LogP contribution in [-0.4, -0.2) is 30.3 Å². The molecule has 5 nitrogen and oxygen atoms in total. The van der Waals surface area contributed by atoms with Crippen molar-refractivity contribution in [2.24, 2.45) is 0 Å². The summed E-state index contributed by atoms with van der Waals surface area (Å²) in [5, 5.41) is 4.35. The molecule has 0 aliphatic carbocycles. The summed E-state index contributed by atoms with van der Waals surface area (Å²) in [6.45, 7) is 5.95. The molecule has 146 valence electrons. The van der Waals surface area contributed by atoms with Crippen molar-refractivity contribution in [3.8, 4) is 17.0 Å². The van der Waals surface area contributed by atoms with Crippen LogP contribution >= 0.6 is 0 Å². The van der Waals surface area contributed by atoms with Gasteiger partial charge < -0.3 is 14.0 Å². The Hall–Kier alpha value is -2.63. The Labute approximate surface area is 165 Å². The normalized spacial score (nSPS) is 14.1. The van der Waals surface area contributed by atoms with Gasteiger partial charge in [0.25, 0.3) is 0 Å². The van der Waals surface area contributed by atoms with Crippen molar-refractivity contribution in [3.05, 3.63) is 71.0 Å². The fourth-order valence-corrected chi connectivity index (χ4v) is 3.74. The highest BCUT2D eigenvalue weighted by molar-refractivity contribution is 5.63. The molecule has 1 aliphatic heterocycles. The van der Waals surface area contributed by atoms with Gasteiger partial charge in [-0.3, -0.25) is 4.90 Å². The molecule has 1 aromatic heterocycles. The Morgan fingerprint density at radius 1 is 1.14 bits per heavy atom. The smallest absolute Gasteiger partial charge is 0.143 e. The van der Waals surface area contributed by atoms with E-state index in [1.807, 2.05) is 31.2 Å². The molecule has 28 heavy (non-hydrogen) atoms. The summed E-state index contributed by atoms with van der Waals surface area (Å²) >= 11 is 0. The van der Waals surface area contributed by atoms with Gasteiger partial charge in [-0.1, -0.05) is 41.6 Å². The second-order valence-electron chi connectivity index (χ2n) is 7.04. The number of methoxy groups -OCH3 is 1. The van der Waals surface area contributed by atoms with Gasteiger partial charge in [-0.25, -0.2) is 0 Å². The predicted octanol–water partition coefficient (Wildman–Crippen LogP) is 4.45. The molecule has 0 fully saturated rings. The van der Waals surface area contributed by atoms with E-state index >= 15 is 0 Å². The lowest BCUT2D eigenvalue weighted by molar-refractivity contribution is 0.132. The van der Waals surface area contributed by atoms with Crippen molar-refractivity contribution >= 4 is 0 Å². The van der Waals surface area contributed by atoms with Gasteiger partial charge in [0.05, 0.1) is 13.7 Å². The minimum Gasteiger partial charge on any atom is -0.496 e. The minimum atomic E-state index is 0.571.